The standard InChI is InChI=1S/C10H8F2O2S/c11-7-3-4-8(12)9(6-7)15-5-1-2-10(13)14/h1-4,6H,5H2,(H,13,14). The average Bonchev–Trinajstić information content (AvgIpc) is 2.17. The van der Waals surface area contributed by atoms with E-state index >= 15 is 0 Å². The van der Waals surface area contributed by atoms with Crippen LogP contribution >= 0.6 is 11.8 Å². The van der Waals surface area contributed by atoms with Crippen LogP contribution in [0.25, 0.3) is 0 Å². The molecular weight excluding hydrogens is 222 g/mol. The number of thioether (sulfide) groups is 1. The Balaban J connectivity index is 2.57. The molecule has 0 atom stereocenters. The molecule has 0 radical (unpaired) electrons. The Morgan fingerprint density at radius 1 is 1.47 bits per heavy atom. The van der Waals surface area contributed by atoms with E-state index in [1.807, 2.05) is 0 Å². The summed E-state index contributed by atoms with van der Waals surface area (Å²) in [6.07, 6.45) is 2.33. The summed E-state index contributed by atoms with van der Waals surface area (Å²) in [5.41, 5.74) is 0. The van der Waals surface area contributed by atoms with Gasteiger partial charge in [-0.05, 0) is 18.2 Å². The quantitative estimate of drug-likeness (QED) is 0.638. The zero-order chi connectivity index (χ0) is 11.3. The second kappa shape index (κ2) is 5.50. The van der Waals surface area contributed by atoms with E-state index in [0.717, 1.165) is 36.0 Å². The van der Waals surface area contributed by atoms with Crippen LogP contribution in [0.3, 0.4) is 0 Å². The Labute approximate surface area is 89.6 Å². The smallest absolute Gasteiger partial charge is 0.328 e. The van der Waals surface area contributed by atoms with E-state index in [1.54, 1.807) is 0 Å². The van der Waals surface area contributed by atoms with Crippen LogP contribution in [0.5, 0.6) is 0 Å². The third-order valence-corrected chi connectivity index (χ3v) is 2.47. The van der Waals surface area contributed by atoms with E-state index in [9.17, 15) is 13.6 Å². The second-order valence-corrected chi connectivity index (χ2v) is 3.69. The van der Waals surface area contributed by atoms with Gasteiger partial charge in [0.2, 0.25) is 0 Å². The van der Waals surface area contributed by atoms with Gasteiger partial charge in [0.1, 0.15) is 11.6 Å². The number of rotatable bonds is 4. The van der Waals surface area contributed by atoms with Crippen molar-refractivity contribution in [3.63, 3.8) is 0 Å². The third-order valence-electron chi connectivity index (χ3n) is 1.49. The van der Waals surface area contributed by atoms with Gasteiger partial charge in [-0.15, -0.1) is 11.8 Å². The predicted octanol–water partition coefficient (Wildman–Crippen LogP) is 2.70. The van der Waals surface area contributed by atoms with Crippen molar-refractivity contribution in [3.8, 4) is 0 Å². The second-order valence-electron chi connectivity index (χ2n) is 2.63. The lowest BCUT2D eigenvalue weighted by atomic mass is 10.3. The molecular formula is C10H8F2O2S. The molecule has 1 N–H and O–H groups in total. The number of aliphatic carboxylic acids is 1. The van der Waals surface area contributed by atoms with Crippen LogP contribution in [0.4, 0.5) is 8.78 Å². The third kappa shape index (κ3) is 4.12. The number of hydrogen-bond acceptors (Lipinski definition) is 2. The van der Waals surface area contributed by atoms with Gasteiger partial charge in [-0.1, -0.05) is 6.08 Å². The Morgan fingerprint density at radius 2 is 2.20 bits per heavy atom. The summed E-state index contributed by atoms with van der Waals surface area (Å²) in [6.45, 7) is 0. The number of benzene rings is 1. The number of carboxylic acids is 1. The van der Waals surface area contributed by atoms with Crippen LogP contribution in [0.1, 0.15) is 0 Å². The van der Waals surface area contributed by atoms with Crippen LogP contribution in [0.2, 0.25) is 0 Å². The summed E-state index contributed by atoms with van der Waals surface area (Å²) in [4.78, 5) is 10.3. The molecule has 0 spiro atoms. The van der Waals surface area contributed by atoms with Crippen molar-refractivity contribution >= 4 is 17.7 Å². The van der Waals surface area contributed by atoms with Gasteiger partial charge >= 0.3 is 5.97 Å². The minimum atomic E-state index is -1.06. The van der Waals surface area contributed by atoms with Crippen LogP contribution in [-0.4, -0.2) is 16.8 Å². The van der Waals surface area contributed by atoms with Crippen molar-refractivity contribution in [2.75, 3.05) is 5.75 Å². The molecule has 0 aliphatic carbocycles. The summed E-state index contributed by atoms with van der Waals surface area (Å²) >= 11 is 1.04. The summed E-state index contributed by atoms with van der Waals surface area (Å²) in [7, 11) is 0. The monoisotopic (exact) mass is 230 g/mol. The number of carbonyl (C=O) groups is 1. The highest BCUT2D eigenvalue weighted by Crippen LogP contribution is 2.22. The molecule has 80 valence electrons. The largest absolute Gasteiger partial charge is 0.478 e. The van der Waals surface area contributed by atoms with Crippen molar-refractivity contribution in [3.05, 3.63) is 42.0 Å². The van der Waals surface area contributed by atoms with Crippen molar-refractivity contribution in [1.29, 1.82) is 0 Å². The summed E-state index contributed by atoms with van der Waals surface area (Å²) in [6, 6.07) is 3.15. The summed E-state index contributed by atoms with van der Waals surface area (Å²) in [5, 5.41) is 8.28. The van der Waals surface area contributed by atoms with Crippen LogP contribution < -0.4 is 0 Å². The number of carboxylic acid groups (broad SMARTS) is 1. The molecule has 0 aliphatic rings. The number of halogens is 2. The Kier molecular flexibility index (Phi) is 4.30. The van der Waals surface area contributed by atoms with Gasteiger partial charge in [-0.25, -0.2) is 13.6 Å². The maximum atomic E-state index is 13.0. The molecule has 0 aliphatic heterocycles. The fourth-order valence-corrected chi connectivity index (χ4v) is 1.65. The molecule has 5 heteroatoms. The molecule has 0 bridgehead atoms. The van der Waals surface area contributed by atoms with Crippen molar-refractivity contribution in [2.45, 2.75) is 4.90 Å². The summed E-state index contributed by atoms with van der Waals surface area (Å²) < 4.78 is 25.7. The molecule has 1 aromatic rings. The Morgan fingerprint density at radius 3 is 2.87 bits per heavy atom. The highest BCUT2D eigenvalue weighted by molar-refractivity contribution is 7.99. The molecule has 0 saturated heterocycles. The van der Waals surface area contributed by atoms with E-state index in [1.165, 1.54) is 6.08 Å². The molecule has 1 aromatic carbocycles. The molecule has 1 rings (SSSR count). The van der Waals surface area contributed by atoms with Crippen molar-refractivity contribution < 1.29 is 18.7 Å². The fraction of sp³-hybridized carbons (Fsp3) is 0.100. The first-order valence-electron chi connectivity index (χ1n) is 4.07. The minimum Gasteiger partial charge on any atom is -0.478 e. The molecule has 0 heterocycles. The zero-order valence-corrected chi connectivity index (χ0v) is 8.43. The lowest BCUT2D eigenvalue weighted by Crippen LogP contribution is -1.87. The van der Waals surface area contributed by atoms with Gasteiger partial charge in [0, 0.05) is 16.7 Å². The molecule has 0 aromatic heterocycles. The molecule has 0 saturated carbocycles. The zero-order valence-electron chi connectivity index (χ0n) is 7.61. The fourth-order valence-electron chi connectivity index (χ4n) is 0.875. The predicted molar refractivity (Wildman–Crippen MR) is 53.9 cm³/mol. The average molecular weight is 230 g/mol. The normalized spacial score (nSPS) is 10.8. The van der Waals surface area contributed by atoms with E-state index in [0.29, 0.717) is 0 Å². The first-order chi connectivity index (χ1) is 7.09. The number of hydrogen-bond donors (Lipinski definition) is 1. The lowest BCUT2D eigenvalue weighted by Gasteiger charge is -1.99. The first-order valence-corrected chi connectivity index (χ1v) is 5.05. The van der Waals surface area contributed by atoms with E-state index in [4.69, 9.17) is 5.11 Å². The van der Waals surface area contributed by atoms with Crippen LogP contribution in [-0.2, 0) is 4.79 Å². The molecule has 0 amide bonds. The van der Waals surface area contributed by atoms with Crippen LogP contribution in [0.15, 0.2) is 35.2 Å². The highest BCUT2D eigenvalue weighted by atomic mass is 32.2. The molecule has 2 nitrogen and oxygen atoms in total. The first kappa shape index (κ1) is 11.7. The van der Waals surface area contributed by atoms with E-state index in [-0.39, 0.29) is 10.6 Å². The van der Waals surface area contributed by atoms with Crippen molar-refractivity contribution in [2.24, 2.45) is 0 Å². The highest BCUT2D eigenvalue weighted by Gasteiger charge is 2.02. The Hall–Kier alpha value is -1.36. The van der Waals surface area contributed by atoms with Gasteiger partial charge in [-0.3, -0.25) is 0 Å². The van der Waals surface area contributed by atoms with Gasteiger partial charge in [0.05, 0.1) is 0 Å². The summed E-state index contributed by atoms with van der Waals surface area (Å²) in [5.74, 6) is -1.80. The lowest BCUT2D eigenvalue weighted by molar-refractivity contribution is -0.131. The molecule has 0 fully saturated rings. The van der Waals surface area contributed by atoms with Gasteiger partial charge in [0.25, 0.3) is 0 Å². The maximum Gasteiger partial charge on any atom is 0.328 e. The SMILES string of the molecule is O=C(O)C=CCSc1cc(F)ccc1F. The maximum absolute atomic E-state index is 13.0. The van der Waals surface area contributed by atoms with E-state index in [2.05, 4.69) is 0 Å². The molecule has 15 heavy (non-hydrogen) atoms. The van der Waals surface area contributed by atoms with Crippen LogP contribution in [0, 0.1) is 11.6 Å². The van der Waals surface area contributed by atoms with Gasteiger partial charge < -0.3 is 5.11 Å². The van der Waals surface area contributed by atoms with Gasteiger partial charge in [-0.2, -0.15) is 0 Å². The van der Waals surface area contributed by atoms with Crippen molar-refractivity contribution in [1.82, 2.24) is 0 Å². The minimum absolute atomic E-state index is 0.171. The van der Waals surface area contributed by atoms with E-state index < -0.39 is 17.6 Å². The Bertz CT molecular complexity index is 391. The topological polar surface area (TPSA) is 37.3 Å². The molecule has 0 unspecified atom stereocenters. The van der Waals surface area contributed by atoms with Gasteiger partial charge in [0.15, 0.2) is 0 Å².